The molecule has 32 heavy (non-hydrogen) atoms. The van der Waals surface area contributed by atoms with Crippen LogP contribution in [0.25, 0.3) is 11.0 Å². The van der Waals surface area contributed by atoms with E-state index in [4.69, 9.17) is 11.6 Å². The summed E-state index contributed by atoms with van der Waals surface area (Å²) in [7, 11) is 0. The number of rotatable bonds is 7. The smallest absolute Gasteiger partial charge is 0.257 e. The summed E-state index contributed by atoms with van der Waals surface area (Å²) in [5.74, 6) is 0.725. The highest BCUT2D eigenvalue weighted by atomic mass is 35.5. The summed E-state index contributed by atoms with van der Waals surface area (Å²) < 4.78 is 2.14. The van der Waals surface area contributed by atoms with Crippen LogP contribution in [0.3, 0.4) is 0 Å². The quantitative estimate of drug-likeness (QED) is 0.416. The minimum Gasteiger partial charge on any atom is -0.351 e. The van der Waals surface area contributed by atoms with Crippen molar-refractivity contribution in [2.24, 2.45) is 0 Å². The number of benzene rings is 1. The molecule has 0 aliphatic heterocycles. The molecule has 8 heteroatoms. The number of halogens is 1. The lowest BCUT2D eigenvalue weighted by Crippen LogP contribution is -2.34. The summed E-state index contributed by atoms with van der Waals surface area (Å²) in [6, 6.07) is 11.2. The molecule has 3 aromatic heterocycles. The maximum atomic E-state index is 13.1. The van der Waals surface area contributed by atoms with E-state index in [1.807, 2.05) is 30.5 Å². The van der Waals surface area contributed by atoms with Crippen LogP contribution in [-0.4, -0.2) is 27.0 Å². The highest BCUT2D eigenvalue weighted by molar-refractivity contribution is 7.09. The van der Waals surface area contributed by atoms with Crippen LogP contribution < -0.4 is 10.7 Å². The van der Waals surface area contributed by atoms with Gasteiger partial charge in [-0.2, -0.15) is 0 Å². The molecule has 1 aliphatic rings. The lowest BCUT2D eigenvalue weighted by molar-refractivity contribution is 0.0951. The number of carbonyl (C=O) groups excluding carboxylic acids is 1. The minimum absolute atomic E-state index is 0.206. The second kappa shape index (κ2) is 8.56. The van der Waals surface area contributed by atoms with E-state index in [1.54, 1.807) is 23.5 Å². The number of nitrogens with zero attached hydrogens (tertiary/aromatic N) is 2. The van der Waals surface area contributed by atoms with E-state index in [0.29, 0.717) is 24.5 Å². The third-order valence-corrected chi connectivity index (χ3v) is 6.88. The summed E-state index contributed by atoms with van der Waals surface area (Å²) in [4.78, 5) is 35.0. The lowest BCUT2D eigenvalue weighted by Gasteiger charge is -2.19. The maximum Gasteiger partial charge on any atom is 0.257 e. The van der Waals surface area contributed by atoms with Crippen molar-refractivity contribution in [2.75, 3.05) is 6.54 Å². The molecule has 0 spiro atoms. The van der Waals surface area contributed by atoms with E-state index in [9.17, 15) is 9.59 Å². The molecule has 0 bridgehead atoms. The molecule has 3 heterocycles. The molecule has 1 fully saturated rings. The first-order chi connectivity index (χ1) is 15.5. The van der Waals surface area contributed by atoms with Crippen molar-refractivity contribution in [3.05, 3.63) is 84.7 Å². The van der Waals surface area contributed by atoms with Gasteiger partial charge in [0.2, 0.25) is 0 Å². The fourth-order valence-corrected chi connectivity index (χ4v) is 4.97. The minimum atomic E-state index is -0.309. The van der Waals surface area contributed by atoms with Gasteiger partial charge in [-0.25, -0.2) is 4.98 Å². The monoisotopic (exact) mass is 466 g/mol. The molecule has 6 nitrogen and oxygen atoms in total. The molecular formula is C24H23ClN4O2S. The zero-order valence-corrected chi connectivity index (χ0v) is 19.2. The number of nitrogens with one attached hydrogen (secondary N) is 2. The molecule has 5 rings (SSSR count). The maximum absolute atomic E-state index is 13.1. The largest absolute Gasteiger partial charge is 0.351 e. The highest BCUT2D eigenvalue weighted by Crippen LogP contribution is 2.41. The van der Waals surface area contributed by atoms with Crippen LogP contribution in [0.1, 0.15) is 51.2 Å². The standard InChI is InChI=1S/C24H23ClN4O2S/c1-14-11-20(30)22(23(15-4-5-15)29(14)13-17-3-2-10-32-17)24(31)26-9-8-21-27-18-7-6-16(25)12-19(18)28-21/h2-3,6-7,10-12,15H,4-5,8-9,13H2,1H3,(H,26,31)(H,27,28). The van der Waals surface area contributed by atoms with Crippen LogP contribution in [-0.2, 0) is 13.0 Å². The average Bonchev–Trinajstić information content (AvgIpc) is 3.30. The molecule has 4 aromatic rings. The van der Waals surface area contributed by atoms with E-state index in [2.05, 4.69) is 25.9 Å². The summed E-state index contributed by atoms with van der Waals surface area (Å²) >= 11 is 7.72. The van der Waals surface area contributed by atoms with Gasteiger partial charge in [-0.3, -0.25) is 9.59 Å². The molecule has 1 aliphatic carbocycles. The van der Waals surface area contributed by atoms with Crippen molar-refractivity contribution in [3.8, 4) is 0 Å². The van der Waals surface area contributed by atoms with Crippen LogP contribution in [0, 0.1) is 6.92 Å². The number of H-pyrrole nitrogens is 1. The molecular weight excluding hydrogens is 444 g/mol. The van der Waals surface area contributed by atoms with Crippen molar-refractivity contribution in [3.63, 3.8) is 0 Å². The van der Waals surface area contributed by atoms with E-state index < -0.39 is 0 Å². The number of aromatic nitrogens is 3. The Bertz CT molecular complexity index is 1350. The summed E-state index contributed by atoms with van der Waals surface area (Å²) in [6.45, 7) is 3.00. The number of amides is 1. The fraction of sp³-hybridized carbons (Fsp3) is 0.292. The normalized spacial score (nSPS) is 13.6. The Morgan fingerprint density at radius 1 is 1.31 bits per heavy atom. The van der Waals surface area contributed by atoms with Gasteiger partial charge in [-0.1, -0.05) is 17.7 Å². The van der Waals surface area contributed by atoms with Gasteiger partial charge in [-0.05, 0) is 49.4 Å². The SMILES string of the molecule is Cc1cc(=O)c(C(=O)NCCc2nc3ccc(Cl)cc3[nH]2)c(C2CC2)n1Cc1cccs1. The molecule has 164 valence electrons. The van der Waals surface area contributed by atoms with Crippen molar-refractivity contribution >= 4 is 39.9 Å². The van der Waals surface area contributed by atoms with Gasteiger partial charge in [0.05, 0.1) is 17.6 Å². The second-order valence-corrected chi connectivity index (χ2v) is 9.67. The molecule has 0 radical (unpaired) electrons. The van der Waals surface area contributed by atoms with Crippen LogP contribution in [0.15, 0.2) is 46.6 Å². The second-order valence-electron chi connectivity index (χ2n) is 8.20. The van der Waals surface area contributed by atoms with Crippen LogP contribution in [0.4, 0.5) is 0 Å². The van der Waals surface area contributed by atoms with Crippen molar-refractivity contribution in [2.45, 2.75) is 38.6 Å². The van der Waals surface area contributed by atoms with E-state index in [1.165, 1.54) is 4.88 Å². The summed E-state index contributed by atoms with van der Waals surface area (Å²) in [5.41, 5.74) is 3.54. The molecule has 1 aromatic carbocycles. The van der Waals surface area contributed by atoms with Gasteiger partial charge in [-0.15, -0.1) is 11.3 Å². The molecule has 0 saturated heterocycles. The van der Waals surface area contributed by atoms with Crippen molar-refractivity contribution < 1.29 is 4.79 Å². The Balaban J connectivity index is 1.37. The predicted molar refractivity (Wildman–Crippen MR) is 128 cm³/mol. The zero-order chi connectivity index (χ0) is 22.2. The highest BCUT2D eigenvalue weighted by Gasteiger charge is 2.33. The van der Waals surface area contributed by atoms with Gasteiger partial charge in [0, 0.05) is 46.2 Å². The lowest BCUT2D eigenvalue weighted by atomic mass is 10.1. The number of hydrogen-bond donors (Lipinski definition) is 2. The predicted octanol–water partition coefficient (Wildman–Crippen LogP) is 4.65. The number of pyridine rings is 1. The number of hydrogen-bond acceptors (Lipinski definition) is 4. The first kappa shape index (κ1) is 21.0. The summed E-state index contributed by atoms with van der Waals surface area (Å²) in [5, 5.41) is 5.63. The topological polar surface area (TPSA) is 79.8 Å². The van der Waals surface area contributed by atoms with Gasteiger partial charge in [0.15, 0.2) is 5.43 Å². The average molecular weight is 467 g/mol. The Kier molecular flexibility index (Phi) is 5.61. The van der Waals surface area contributed by atoms with Crippen molar-refractivity contribution in [1.82, 2.24) is 19.9 Å². The first-order valence-electron chi connectivity index (χ1n) is 10.7. The number of aryl methyl sites for hydroxylation is 1. The first-order valence-corrected chi connectivity index (χ1v) is 11.9. The molecule has 1 saturated carbocycles. The Labute approximate surface area is 194 Å². The number of thiophene rings is 1. The third-order valence-electron chi connectivity index (χ3n) is 5.78. The molecule has 2 N–H and O–H groups in total. The summed E-state index contributed by atoms with van der Waals surface area (Å²) in [6.07, 6.45) is 2.55. The molecule has 1 amide bonds. The van der Waals surface area contributed by atoms with E-state index >= 15 is 0 Å². The number of carbonyl (C=O) groups is 1. The van der Waals surface area contributed by atoms with Gasteiger partial charge >= 0.3 is 0 Å². The number of aromatic amines is 1. The van der Waals surface area contributed by atoms with Crippen LogP contribution in [0.5, 0.6) is 0 Å². The number of imidazole rings is 1. The molecule has 0 atom stereocenters. The number of fused-ring (bicyclic) bond motifs is 1. The van der Waals surface area contributed by atoms with Crippen molar-refractivity contribution in [1.29, 1.82) is 0 Å². The Morgan fingerprint density at radius 3 is 2.91 bits per heavy atom. The Hall–Kier alpha value is -2.90. The Morgan fingerprint density at radius 2 is 2.16 bits per heavy atom. The van der Waals surface area contributed by atoms with E-state index in [-0.39, 0.29) is 22.8 Å². The molecule has 0 unspecified atom stereocenters. The van der Waals surface area contributed by atoms with Crippen LogP contribution in [0.2, 0.25) is 5.02 Å². The van der Waals surface area contributed by atoms with Gasteiger partial charge < -0.3 is 14.9 Å². The van der Waals surface area contributed by atoms with Gasteiger partial charge in [0.1, 0.15) is 11.4 Å². The van der Waals surface area contributed by atoms with Crippen LogP contribution >= 0.6 is 22.9 Å². The zero-order valence-electron chi connectivity index (χ0n) is 17.7. The van der Waals surface area contributed by atoms with Gasteiger partial charge in [0.25, 0.3) is 5.91 Å². The van der Waals surface area contributed by atoms with E-state index in [0.717, 1.165) is 41.1 Å². The fourth-order valence-electron chi connectivity index (χ4n) is 4.10. The third kappa shape index (κ3) is 4.23.